The van der Waals surface area contributed by atoms with Crippen molar-refractivity contribution >= 4 is 29.2 Å². The van der Waals surface area contributed by atoms with Gasteiger partial charge in [-0.2, -0.15) is 0 Å². The molecule has 0 saturated carbocycles. The number of allylic oxidation sites excluding steroid dienone is 2. The molecule has 0 amide bonds. The number of hydrogen-bond acceptors (Lipinski definition) is 7. The maximum atomic E-state index is 13.2. The topological polar surface area (TPSA) is 87.1 Å². The molecule has 0 saturated heterocycles. The molecule has 0 bridgehead atoms. The van der Waals surface area contributed by atoms with Gasteiger partial charge < -0.3 is 19.8 Å². The summed E-state index contributed by atoms with van der Waals surface area (Å²) in [7, 11) is 2.06. The molecule has 0 aromatic heterocycles. The number of benzene rings is 1. The Morgan fingerprint density at radius 3 is 2.53 bits per heavy atom. The van der Waals surface area contributed by atoms with Crippen molar-refractivity contribution < 1.29 is 24.5 Å². The first-order chi connectivity index (χ1) is 16.8. The molecule has 6 atom stereocenters. The number of rotatable bonds is 1. The molecule has 0 aliphatic carbocycles. The van der Waals surface area contributed by atoms with E-state index in [1.807, 2.05) is 32.1 Å². The van der Waals surface area contributed by atoms with E-state index in [1.54, 1.807) is 32.5 Å². The van der Waals surface area contributed by atoms with Crippen LogP contribution in [0, 0.1) is 17.3 Å². The number of anilines is 1. The minimum absolute atomic E-state index is 0.223. The van der Waals surface area contributed by atoms with Gasteiger partial charge in [0, 0.05) is 30.2 Å². The lowest BCUT2D eigenvalue weighted by Crippen LogP contribution is -2.45. The highest BCUT2D eigenvalue weighted by Crippen LogP contribution is 2.44. The fourth-order valence-corrected chi connectivity index (χ4v) is 5.89. The van der Waals surface area contributed by atoms with Crippen LogP contribution in [0.25, 0.3) is 0 Å². The lowest BCUT2D eigenvalue weighted by molar-refractivity contribution is -0.155. The number of ether oxygens (including phenoxy) is 1. The van der Waals surface area contributed by atoms with Crippen LogP contribution >= 0.6 is 11.8 Å². The molecule has 2 heterocycles. The zero-order valence-electron chi connectivity index (χ0n) is 22.5. The van der Waals surface area contributed by atoms with Crippen LogP contribution < -0.4 is 4.90 Å². The normalized spacial score (nSPS) is 34.5. The van der Waals surface area contributed by atoms with Crippen LogP contribution in [0.2, 0.25) is 0 Å². The van der Waals surface area contributed by atoms with E-state index >= 15 is 0 Å². The zero-order valence-corrected chi connectivity index (χ0v) is 23.3. The Morgan fingerprint density at radius 2 is 1.83 bits per heavy atom. The van der Waals surface area contributed by atoms with E-state index in [1.165, 1.54) is 4.90 Å². The molecule has 2 aliphatic rings. The largest absolute Gasteiger partial charge is 0.457 e. The number of carbonyl (C=O) groups is 2. The molecule has 0 radical (unpaired) electrons. The van der Waals surface area contributed by atoms with Crippen LogP contribution in [0.4, 0.5) is 5.69 Å². The van der Waals surface area contributed by atoms with Crippen LogP contribution in [0.15, 0.2) is 46.9 Å². The average Bonchev–Trinajstić information content (AvgIpc) is 3.12. The summed E-state index contributed by atoms with van der Waals surface area (Å²) in [6, 6.07) is 6.16. The highest BCUT2D eigenvalue weighted by Gasteiger charge is 2.42. The van der Waals surface area contributed by atoms with Crippen molar-refractivity contribution in [3.8, 4) is 0 Å². The minimum Gasteiger partial charge on any atom is -0.457 e. The Labute approximate surface area is 219 Å². The van der Waals surface area contributed by atoms with E-state index in [0.29, 0.717) is 18.2 Å². The highest BCUT2D eigenvalue weighted by molar-refractivity contribution is 8.00. The molecule has 7 heteroatoms. The standard InChI is InChI=1S/C29H41NO5S/c1-17-9-8-10-18(2)27(33)19(3)28(34)29(5,6)25(31)16-26(32)35-23(13-11-17)21-12-14-24-22(15-21)30(7)20(4)36-24/h8,10-12,14-15,18-20,23,25,27,31,33H,9,13,16H2,1-7H3/b10-8+,17-11-/t18-,19+,20?,23-,25-,27-/m0/s1. The summed E-state index contributed by atoms with van der Waals surface area (Å²) in [6.07, 6.45) is 4.31. The van der Waals surface area contributed by atoms with Gasteiger partial charge in [0.05, 0.1) is 35.1 Å². The molecule has 1 aromatic rings. The van der Waals surface area contributed by atoms with Gasteiger partial charge in [-0.15, -0.1) is 0 Å². The number of nitrogens with zero attached hydrogens (tertiary/aromatic N) is 1. The van der Waals surface area contributed by atoms with E-state index in [0.717, 1.165) is 16.8 Å². The van der Waals surface area contributed by atoms with Gasteiger partial charge in [-0.1, -0.05) is 69.3 Å². The third-order valence-corrected chi connectivity index (χ3v) is 8.96. The predicted octanol–water partition coefficient (Wildman–Crippen LogP) is 5.43. The van der Waals surface area contributed by atoms with Crippen molar-refractivity contribution in [1.82, 2.24) is 0 Å². The molecular formula is C29H41NO5S. The van der Waals surface area contributed by atoms with Gasteiger partial charge >= 0.3 is 5.97 Å². The summed E-state index contributed by atoms with van der Waals surface area (Å²) < 4.78 is 5.92. The molecule has 2 aliphatic heterocycles. The Balaban J connectivity index is 1.94. The number of hydrogen-bond donors (Lipinski definition) is 2. The first kappa shape index (κ1) is 28.5. The molecule has 0 spiro atoms. The van der Waals surface area contributed by atoms with E-state index in [4.69, 9.17) is 4.74 Å². The van der Waals surface area contributed by atoms with Gasteiger partial charge in [-0.25, -0.2) is 0 Å². The summed E-state index contributed by atoms with van der Waals surface area (Å²) in [5.74, 6) is -1.74. The highest BCUT2D eigenvalue weighted by atomic mass is 32.2. The molecule has 198 valence electrons. The van der Waals surface area contributed by atoms with Crippen molar-refractivity contribution in [2.45, 2.75) is 89.4 Å². The van der Waals surface area contributed by atoms with Crippen molar-refractivity contribution in [1.29, 1.82) is 0 Å². The molecule has 6 nitrogen and oxygen atoms in total. The first-order valence-corrected chi connectivity index (χ1v) is 13.7. The van der Waals surface area contributed by atoms with Crippen LogP contribution in [-0.4, -0.2) is 46.6 Å². The lowest BCUT2D eigenvalue weighted by Gasteiger charge is -2.34. The number of carbonyl (C=O) groups excluding carboxylic acids is 2. The van der Waals surface area contributed by atoms with Crippen molar-refractivity contribution in [2.24, 2.45) is 17.3 Å². The number of thioether (sulfide) groups is 1. The van der Waals surface area contributed by atoms with Gasteiger partial charge in [0.15, 0.2) is 0 Å². The number of fused-ring (bicyclic) bond motifs is 1. The van der Waals surface area contributed by atoms with Crippen LogP contribution in [0.1, 0.15) is 72.5 Å². The predicted molar refractivity (Wildman–Crippen MR) is 145 cm³/mol. The fourth-order valence-electron chi connectivity index (χ4n) is 4.78. The second-order valence-corrected chi connectivity index (χ2v) is 12.3. The summed E-state index contributed by atoms with van der Waals surface area (Å²) in [5.41, 5.74) is 1.92. The Bertz CT molecular complexity index is 1030. The number of esters is 1. The molecule has 1 aromatic carbocycles. The zero-order chi connectivity index (χ0) is 26.8. The Kier molecular flexibility index (Phi) is 9.12. The summed E-state index contributed by atoms with van der Waals surface area (Å²) in [6.45, 7) is 11.0. The monoisotopic (exact) mass is 515 g/mol. The maximum absolute atomic E-state index is 13.2. The van der Waals surface area contributed by atoms with Crippen molar-refractivity contribution in [3.63, 3.8) is 0 Å². The van der Waals surface area contributed by atoms with E-state index in [-0.39, 0.29) is 18.1 Å². The van der Waals surface area contributed by atoms with E-state index < -0.39 is 35.6 Å². The molecule has 1 unspecified atom stereocenters. The molecule has 3 rings (SSSR count). The van der Waals surface area contributed by atoms with E-state index in [2.05, 4.69) is 37.1 Å². The number of ketones is 1. The Morgan fingerprint density at radius 1 is 1.14 bits per heavy atom. The molecule has 36 heavy (non-hydrogen) atoms. The second-order valence-electron chi connectivity index (χ2n) is 10.9. The molecule has 2 N–H and O–H groups in total. The van der Waals surface area contributed by atoms with Crippen LogP contribution in [0.3, 0.4) is 0 Å². The van der Waals surface area contributed by atoms with Crippen LogP contribution in [-0.2, 0) is 14.3 Å². The van der Waals surface area contributed by atoms with Gasteiger partial charge in [0.2, 0.25) is 0 Å². The summed E-state index contributed by atoms with van der Waals surface area (Å²) in [5, 5.41) is 22.0. The third-order valence-electron chi connectivity index (χ3n) is 7.70. The maximum Gasteiger partial charge on any atom is 0.309 e. The fraction of sp³-hybridized carbons (Fsp3) is 0.586. The smallest absolute Gasteiger partial charge is 0.309 e. The van der Waals surface area contributed by atoms with Gasteiger partial charge in [-0.3, -0.25) is 9.59 Å². The van der Waals surface area contributed by atoms with Crippen LogP contribution in [0.5, 0.6) is 0 Å². The summed E-state index contributed by atoms with van der Waals surface area (Å²) >= 11 is 1.80. The summed E-state index contributed by atoms with van der Waals surface area (Å²) in [4.78, 5) is 29.6. The lowest BCUT2D eigenvalue weighted by atomic mass is 9.73. The van der Waals surface area contributed by atoms with Gasteiger partial charge in [0.1, 0.15) is 11.9 Å². The second kappa shape index (κ2) is 11.5. The van der Waals surface area contributed by atoms with Gasteiger partial charge in [-0.05, 0) is 38.0 Å². The number of cyclic esters (lactones) is 1. The number of aliphatic hydroxyl groups excluding tert-OH is 2. The quantitative estimate of drug-likeness (QED) is 0.381. The SMILES string of the molecule is C/C1=C/C[C@@H](c2ccc3c(c2)N(C)C(C)S3)OC(=O)C[C@H](O)C(C)(C)C(=O)[C@H](C)[C@@H](O)[C@@H](C)/C=C/C1. The van der Waals surface area contributed by atoms with Crippen molar-refractivity contribution in [2.75, 3.05) is 11.9 Å². The van der Waals surface area contributed by atoms with Gasteiger partial charge in [0.25, 0.3) is 0 Å². The number of aliphatic hydroxyl groups is 2. The Hall–Kier alpha value is -2.09. The average molecular weight is 516 g/mol. The van der Waals surface area contributed by atoms with E-state index in [9.17, 15) is 19.8 Å². The molecular weight excluding hydrogens is 474 g/mol. The minimum atomic E-state index is -1.23. The molecule has 0 fully saturated rings. The first-order valence-electron chi connectivity index (χ1n) is 12.8. The number of Topliss-reactive ketones (excluding diaryl/α,β-unsaturated/α-hetero) is 1. The third kappa shape index (κ3) is 6.24. The van der Waals surface area contributed by atoms with Crippen molar-refractivity contribution in [3.05, 3.63) is 47.6 Å².